The molecule has 102 valence electrons. The summed E-state index contributed by atoms with van der Waals surface area (Å²) >= 11 is 5.05. The van der Waals surface area contributed by atoms with Gasteiger partial charge in [0.2, 0.25) is 0 Å². The normalized spacial score (nSPS) is 12.8. The van der Waals surface area contributed by atoms with E-state index in [-0.39, 0.29) is 0 Å². The molecule has 1 atom stereocenters. The lowest BCUT2D eigenvalue weighted by Gasteiger charge is -2.12. The van der Waals surface area contributed by atoms with E-state index >= 15 is 0 Å². The molecule has 0 spiro atoms. The van der Waals surface area contributed by atoms with Gasteiger partial charge in [-0.05, 0) is 56.0 Å². The fourth-order valence-corrected chi connectivity index (χ4v) is 3.88. The zero-order valence-corrected chi connectivity index (χ0v) is 12.6. The Hall–Kier alpha value is -1.30. The zero-order chi connectivity index (χ0) is 14.3. The van der Waals surface area contributed by atoms with E-state index in [0.29, 0.717) is 5.56 Å². The van der Waals surface area contributed by atoms with E-state index in [1.165, 1.54) is 12.1 Å². The van der Waals surface area contributed by atoms with Crippen molar-refractivity contribution in [3.63, 3.8) is 0 Å². The van der Waals surface area contributed by atoms with Crippen molar-refractivity contribution in [2.45, 2.75) is 6.04 Å². The van der Waals surface area contributed by atoms with Crippen LogP contribution < -0.4 is 5.73 Å². The molecule has 0 fully saturated rings. The lowest BCUT2D eigenvalue weighted by Crippen LogP contribution is -2.12. The second-order valence-corrected chi connectivity index (χ2v) is 6.22. The minimum absolute atomic E-state index is 0.433. The number of halogens is 3. The molecule has 0 aliphatic rings. The summed E-state index contributed by atoms with van der Waals surface area (Å²) < 4.78 is 28.7. The molecule has 3 aromatic rings. The molecule has 0 amide bonds. The number of hydrogen-bond acceptors (Lipinski definition) is 2. The topological polar surface area (TPSA) is 26.0 Å². The first-order chi connectivity index (χ1) is 9.56. The Kier molecular flexibility index (Phi) is 3.58. The van der Waals surface area contributed by atoms with Crippen LogP contribution in [0.3, 0.4) is 0 Å². The number of nitrogens with two attached hydrogens (primary N) is 1. The van der Waals surface area contributed by atoms with E-state index in [0.717, 1.165) is 26.2 Å². The Morgan fingerprint density at radius 1 is 1.10 bits per heavy atom. The maximum atomic E-state index is 13.3. The van der Waals surface area contributed by atoms with Crippen molar-refractivity contribution in [1.82, 2.24) is 0 Å². The fraction of sp³-hybridized carbons (Fsp3) is 0.0667. The second-order valence-electron chi connectivity index (χ2n) is 4.49. The van der Waals surface area contributed by atoms with Gasteiger partial charge in [0.15, 0.2) is 0 Å². The summed E-state index contributed by atoms with van der Waals surface area (Å²) in [7, 11) is 0. The maximum Gasteiger partial charge on any atom is 0.126 e. The van der Waals surface area contributed by atoms with Crippen LogP contribution in [-0.2, 0) is 0 Å². The molecule has 2 aromatic carbocycles. The molecule has 0 aliphatic carbocycles. The van der Waals surface area contributed by atoms with Crippen LogP contribution in [0.15, 0.2) is 46.3 Å². The third-order valence-corrected chi connectivity index (χ3v) is 5.13. The fourth-order valence-electron chi connectivity index (χ4n) is 2.22. The number of benzene rings is 2. The van der Waals surface area contributed by atoms with Crippen molar-refractivity contribution in [2.24, 2.45) is 5.73 Å². The van der Waals surface area contributed by atoms with Crippen molar-refractivity contribution < 1.29 is 8.78 Å². The Bertz CT molecular complexity index is 764. The molecule has 5 heteroatoms. The first-order valence-electron chi connectivity index (χ1n) is 5.93. The Balaban J connectivity index is 2.13. The van der Waals surface area contributed by atoms with E-state index in [2.05, 4.69) is 15.9 Å². The van der Waals surface area contributed by atoms with Crippen LogP contribution in [0, 0.1) is 11.6 Å². The molecule has 0 saturated heterocycles. The minimum atomic E-state index is -0.615. The van der Waals surface area contributed by atoms with Crippen molar-refractivity contribution in [3.8, 4) is 0 Å². The quantitative estimate of drug-likeness (QED) is 0.689. The highest BCUT2D eigenvalue weighted by Gasteiger charge is 2.16. The van der Waals surface area contributed by atoms with Gasteiger partial charge in [-0.15, -0.1) is 11.3 Å². The molecule has 1 nitrogen and oxygen atoms in total. The highest BCUT2D eigenvalue weighted by atomic mass is 79.9. The monoisotopic (exact) mass is 353 g/mol. The van der Waals surface area contributed by atoms with Crippen molar-refractivity contribution >= 4 is 37.4 Å². The largest absolute Gasteiger partial charge is 0.320 e. The standard InChI is InChI=1S/C15H10BrF2NS/c16-13-3-1-2-11-12(7-20-15(11)13)14(19)8-4-9(17)6-10(18)5-8/h1-7,14H,19H2. The first kappa shape index (κ1) is 13.7. The lowest BCUT2D eigenvalue weighted by molar-refractivity contribution is 0.577. The van der Waals surface area contributed by atoms with Gasteiger partial charge in [-0.3, -0.25) is 0 Å². The van der Waals surface area contributed by atoms with Crippen LogP contribution in [-0.4, -0.2) is 0 Å². The van der Waals surface area contributed by atoms with Gasteiger partial charge >= 0.3 is 0 Å². The van der Waals surface area contributed by atoms with Gasteiger partial charge in [0.1, 0.15) is 11.6 Å². The molecule has 0 radical (unpaired) electrons. The van der Waals surface area contributed by atoms with Crippen LogP contribution in [0.1, 0.15) is 17.2 Å². The molecular weight excluding hydrogens is 344 g/mol. The number of fused-ring (bicyclic) bond motifs is 1. The highest BCUT2D eigenvalue weighted by Crippen LogP contribution is 2.36. The van der Waals surface area contributed by atoms with Gasteiger partial charge in [-0.1, -0.05) is 12.1 Å². The van der Waals surface area contributed by atoms with Gasteiger partial charge in [-0.25, -0.2) is 8.78 Å². The predicted octanol–water partition coefficient (Wildman–Crippen LogP) is 4.99. The smallest absolute Gasteiger partial charge is 0.126 e. The third-order valence-electron chi connectivity index (χ3n) is 3.16. The van der Waals surface area contributed by atoms with Gasteiger partial charge in [-0.2, -0.15) is 0 Å². The summed E-state index contributed by atoms with van der Waals surface area (Å²) in [6.45, 7) is 0. The average Bonchev–Trinajstić information content (AvgIpc) is 2.82. The van der Waals surface area contributed by atoms with Crippen LogP contribution in [0.5, 0.6) is 0 Å². The molecule has 20 heavy (non-hydrogen) atoms. The summed E-state index contributed by atoms with van der Waals surface area (Å²) in [5, 5.41) is 2.93. The van der Waals surface area contributed by atoms with E-state index in [9.17, 15) is 8.78 Å². The molecular formula is C15H10BrF2NS. The van der Waals surface area contributed by atoms with Crippen LogP contribution in [0.2, 0.25) is 0 Å². The molecule has 3 rings (SSSR count). The van der Waals surface area contributed by atoms with Gasteiger partial charge in [0.05, 0.1) is 6.04 Å². The Labute approximate surface area is 127 Å². The van der Waals surface area contributed by atoms with E-state index in [1.54, 1.807) is 11.3 Å². The number of hydrogen-bond donors (Lipinski definition) is 1. The van der Waals surface area contributed by atoms with Crippen molar-refractivity contribution in [2.75, 3.05) is 0 Å². The van der Waals surface area contributed by atoms with Crippen molar-refractivity contribution in [3.05, 3.63) is 69.0 Å². The second kappa shape index (κ2) is 5.24. The molecule has 1 heterocycles. The minimum Gasteiger partial charge on any atom is -0.320 e. The molecule has 2 N–H and O–H groups in total. The molecule has 0 saturated carbocycles. The van der Waals surface area contributed by atoms with E-state index in [1.807, 2.05) is 23.6 Å². The maximum absolute atomic E-state index is 13.3. The number of rotatable bonds is 2. The molecule has 1 unspecified atom stereocenters. The number of thiophene rings is 1. The summed E-state index contributed by atoms with van der Waals surface area (Å²) in [5.41, 5.74) is 7.48. The summed E-state index contributed by atoms with van der Waals surface area (Å²) in [6.07, 6.45) is 0. The van der Waals surface area contributed by atoms with Gasteiger partial charge < -0.3 is 5.73 Å². The molecule has 0 bridgehead atoms. The van der Waals surface area contributed by atoms with Crippen molar-refractivity contribution in [1.29, 1.82) is 0 Å². The first-order valence-corrected chi connectivity index (χ1v) is 7.60. The predicted molar refractivity (Wildman–Crippen MR) is 81.9 cm³/mol. The summed E-state index contributed by atoms with van der Waals surface area (Å²) in [4.78, 5) is 0. The Morgan fingerprint density at radius 3 is 2.50 bits per heavy atom. The molecule has 1 aromatic heterocycles. The van der Waals surface area contributed by atoms with E-state index < -0.39 is 17.7 Å². The van der Waals surface area contributed by atoms with Crippen LogP contribution in [0.25, 0.3) is 10.1 Å². The Morgan fingerprint density at radius 2 is 1.80 bits per heavy atom. The van der Waals surface area contributed by atoms with Gasteiger partial charge in [0, 0.05) is 15.2 Å². The third kappa shape index (κ3) is 2.37. The van der Waals surface area contributed by atoms with Crippen LogP contribution >= 0.6 is 27.3 Å². The van der Waals surface area contributed by atoms with Crippen LogP contribution in [0.4, 0.5) is 8.78 Å². The zero-order valence-electron chi connectivity index (χ0n) is 10.2. The lowest BCUT2D eigenvalue weighted by atomic mass is 9.99. The van der Waals surface area contributed by atoms with E-state index in [4.69, 9.17) is 5.73 Å². The highest BCUT2D eigenvalue weighted by molar-refractivity contribution is 9.10. The van der Waals surface area contributed by atoms with Gasteiger partial charge in [0.25, 0.3) is 0 Å². The molecule has 0 aliphatic heterocycles. The summed E-state index contributed by atoms with van der Waals surface area (Å²) in [6, 6.07) is 8.67. The SMILES string of the molecule is NC(c1cc(F)cc(F)c1)c1csc2c(Br)cccc12. The summed E-state index contributed by atoms with van der Waals surface area (Å²) in [5.74, 6) is -1.23. The average molecular weight is 354 g/mol.